The van der Waals surface area contributed by atoms with E-state index in [2.05, 4.69) is 15.5 Å². The van der Waals surface area contributed by atoms with Gasteiger partial charge < -0.3 is 0 Å². The second kappa shape index (κ2) is 9.60. The van der Waals surface area contributed by atoms with Crippen LogP contribution in [0.2, 0.25) is 0 Å². The molecule has 0 bridgehead atoms. The van der Waals surface area contributed by atoms with Crippen molar-refractivity contribution in [1.82, 2.24) is 10.4 Å². The molecule has 0 unspecified atom stereocenters. The Morgan fingerprint density at radius 1 is 1.00 bits per heavy atom. The van der Waals surface area contributed by atoms with Gasteiger partial charge in [0, 0.05) is 11.8 Å². The van der Waals surface area contributed by atoms with Gasteiger partial charge in [-0.15, -0.1) is 0 Å². The minimum atomic E-state index is -4.59. The van der Waals surface area contributed by atoms with Crippen LogP contribution in [0.5, 0.6) is 0 Å². The number of nitrogens with zero attached hydrogens (tertiary/aromatic N) is 3. The van der Waals surface area contributed by atoms with Gasteiger partial charge in [-0.25, -0.2) is 23.1 Å². The van der Waals surface area contributed by atoms with Crippen LogP contribution in [0, 0.1) is 0 Å². The number of nitrogens with one attached hydrogen (secondary N) is 1. The van der Waals surface area contributed by atoms with Crippen LogP contribution in [-0.4, -0.2) is 32.1 Å². The van der Waals surface area contributed by atoms with Crippen molar-refractivity contribution in [1.29, 1.82) is 0 Å². The van der Waals surface area contributed by atoms with Crippen LogP contribution in [0.15, 0.2) is 89.0 Å². The molecule has 0 saturated carbocycles. The number of anilines is 1. The molecule has 1 N–H and O–H groups in total. The lowest BCUT2D eigenvalue weighted by molar-refractivity contribution is -0.137. The number of hydrazone groups is 1. The molecule has 0 atom stereocenters. The molecule has 0 aliphatic heterocycles. The number of aromatic nitrogens is 1. The Morgan fingerprint density at radius 3 is 2.31 bits per heavy atom. The van der Waals surface area contributed by atoms with Gasteiger partial charge in [0.05, 0.1) is 16.7 Å². The quantitative estimate of drug-likeness (QED) is 0.430. The minimum Gasteiger partial charge on any atom is -0.271 e. The van der Waals surface area contributed by atoms with Gasteiger partial charge >= 0.3 is 6.18 Å². The van der Waals surface area contributed by atoms with Gasteiger partial charge in [-0.1, -0.05) is 42.5 Å². The number of sulfonamides is 1. The molecule has 1 amide bonds. The van der Waals surface area contributed by atoms with Crippen molar-refractivity contribution < 1.29 is 26.4 Å². The molecule has 0 aliphatic carbocycles. The third-order valence-corrected chi connectivity index (χ3v) is 5.95. The number of pyridine rings is 1. The summed E-state index contributed by atoms with van der Waals surface area (Å²) in [5, 5.41) is 3.55. The highest BCUT2D eigenvalue weighted by molar-refractivity contribution is 7.92. The van der Waals surface area contributed by atoms with Crippen LogP contribution >= 0.6 is 0 Å². The fraction of sp³-hybridized carbons (Fsp3) is 0.0952. The van der Waals surface area contributed by atoms with Crippen LogP contribution in [0.3, 0.4) is 0 Å². The van der Waals surface area contributed by atoms with Gasteiger partial charge in [-0.2, -0.15) is 18.3 Å². The van der Waals surface area contributed by atoms with Crippen LogP contribution in [0.1, 0.15) is 11.1 Å². The summed E-state index contributed by atoms with van der Waals surface area (Å²) in [6.45, 7) is -0.688. The predicted octanol–water partition coefficient (Wildman–Crippen LogP) is 3.45. The molecule has 3 rings (SSSR count). The topological polar surface area (TPSA) is 91.7 Å². The van der Waals surface area contributed by atoms with Gasteiger partial charge in [-0.3, -0.25) is 4.79 Å². The first-order valence-corrected chi connectivity index (χ1v) is 10.6. The molecule has 0 aliphatic rings. The number of alkyl halides is 3. The van der Waals surface area contributed by atoms with Gasteiger partial charge in [-0.05, 0) is 30.3 Å². The van der Waals surface area contributed by atoms with E-state index in [0.29, 0.717) is 0 Å². The zero-order valence-electron chi connectivity index (χ0n) is 16.4. The van der Waals surface area contributed by atoms with E-state index in [-0.39, 0.29) is 16.3 Å². The number of rotatable bonds is 7. The van der Waals surface area contributed by atoms with E-state index in [1.165, 1.54) is 54.7 Å². The molecular formula is C21H17F3N4O3S. The van der Waals surface area contributed by atoms with Crippen molar-refractivity contribution in [3.05, 3.63) is 90.1 Å². The molecule has 1 aromatic heterocycles. The maximum Gasteiger partial charge on any atom is 0.417 e. The number of hydrogen-bond acceptors (Lipinski definition) is 5. The lowest BCUT2D eigenvalue weighted by atomic mass is 10.1. The zero-order chi connectivity index (χ0) is 23.2. The second-order valence-corrected chi connectivity index (χ2v) is 8.25. The monoisotopic (exact) mass is 462 g/mol. The Balaban J connectivity index is 1.81. The zero-order valence-corrected chi connectivity index (χ0v) is 17.2. The number of benzene rings is 2. The Labute approximate surface area is 182 Å². The summed E-state index contributed by atoms with van der Waals surface area (Å²) in [5.41, 5.74) is 0.895. The summed E-state index contributed by atoms with van der Waals surface area (Å²) in [5.74, 6) is -0.867. The van der Waals surface area contributed by atoms with Crippen molar-refractivity contribution >= 4 is 28.0 Å². The Morgan fingerprint density at radius 2 is 1.66 bits per heavy atom. The molecule has 1 heterocycles. The summed E-state index contributed by atoms with van der Waals surface area (Å²) in [6, 6.07) is 16.7. The van der Waals surface area contributed by atoms with Crippen LogP contribution < -0.4 is 9.73 Å². The molecule has 2 aromatic carbocycles. The van der Waals surface area contributed by atoms with E-state index in [0.717, 1.165) is 16.6 Å². The third-order valence-electron chi connectivity index (χ3n) is 4.18. The van der Waals surface area contributed by atoms with E-state index in [4.69, 9.17) is 0 Å². The first-order chi connectivity index (χ1) is 15.2. The Hall–Kier alpha value is -3.73. The average molecular weight is 462 g/mol. The molecule has 166 valence electrons. The molecule has 32 heavy (non-hydrogen) atoms. The number of amides is 1. The molecule has 0 spiro atoms. The van der Waals surface area contributed by atoms with Crippen LogP contribution in [0.4, 0.5) is 19.0 Å². The number of carbonyl (C=O) groups excluding carboxylic acids is 1. The average Bonchev–Trinajstić information content (AvgIpc) is 2.78. The van der Waals surface area contributed by atoms with Gasteiger partial charge in [0.2, 0.25) is 0 Å². The third kappa shape index (κ3) is 5.49. The highest BCUT2D eigenvalue weighted by Crippen LogP contribution is 2.31. The Kier molecular flexibility index (Phi) is 6.89. The highest BCUT2D eigenvalue weighted by atomic mass is 32.2. The molecule has 7 nitrogen and oxygen atoms in total. The summed E-state index contributed by atoms with van der Waals surface area (Å²) in [7, 11) is -4.14. The van der Waals surface area contributed by atoms with Gasteiger partial charge in [0.1, 0.15) is 12.4 Å². The summed E-state index contributed by atoms with van der Waals surface area (Å²) in [4.78, 5) is 16.3. The predicted molar refractivity (Wildman–Crippen MR) is 112 cm³/mol. The second-order valence-electron chi connectivity index (χ2n) is 6.39. The normalized spacial score (nSPS) is 12.0. The maximum absolute atomic E-state index is 13.1. The maximum atomic E-state index is 13.1. The van der Waals surface area contributed by atoms with E-state index >= 15 is 0 Å². The smallest absolute Gasteiger partial charge is 0.271 e. The fourth-order valence-electron chi connectivity index (χ4n) is 2.72. The van der Waals surface area contributed by atoms with Crippen molar-refractivity contribution in [3.63, 3.8) is 0 Å². The molecule has 0 saturated heterocycles. The number of halogens is 3. The van der Waals surface area contributed by atoms with Gasteiger partial charge in [0.25, 0.3) is 15.9 Å². The summed E-state index contributed by atoms with van der Waals surface area (Å²) < 4.78 is 66.1. The van der Waals surface area contributed by atoms with Crippen molar-refractivity contribution in [2.24, 2.45) is 5.10 Å². The van der Waals surface area contributed by atoms with E-state index < -0.39 is 34.2 Å². The lowest BCUT2D eigenvalue weighted by Gasteiger charge is -2.22. The van der Waals surface area contributed by atoms with Crippen molar-refractivity contribution in [3.8, 4) is 0 Å². The first kappa shape index (κ1) is 22.9. The molecule has 0 fully saturated rings. The SMILES string of the molecule is O=C(CN(c1ccccn1)S(=O)(=O)c1ccccc1)N/N=C\c1ccccc1C(F)(F)F. The number of carbonyl (C=O) groups is 1. The fourth-order valence-corrected chi connectivity index (χ4v) is 4.11. The van der Waals surface area contributed by atoms with E-state index in [1.807, 2.05) is 0 Å². The lowest BCUT2D eigenvalue weighted by Crippen LogP contribution is -2.40. The molecular weight excluding hydrogens is 445 g/mol. The minimum absolute atomic E-state index is 0.00194. The molecule has 0 radical (unpaired) electrons. The van der Waals surface area contributed by atoms with Gasteiger partial charge in [0.15, 0.2) is 0 Å². The van der Waals surface area contributed by atoms with Crippen molar-refractivity contribution in [2.75, 3.05) is 10.8 Å². The number of hydrogen-bond donors (Lipinski definition) is 1. The highest BCUT2D eigenvalue weighted by Gasteiger charge is 2.32. The van der Waals surface area contributed by atoms with Crippen LogP contribution in [-0.2, 0) is 21.0 Å². The standard InChI is InChI=1S/C21H17F3N4O3S/c22-21(23,24)18-11-5-4-8-16(18)14-26-27-20(29)15-28(19-12-6-7-13-25-19)32(30,31)17-9-2-1-3-10-17/h1-14H,15H2,(H,27,29)/b26-14-. The molecule has 11 heteroatoms. The van der Waals surface area contributed by atoms with E-state index in [9.17, 15) is 26.4 Å². The van der Waals surface area contributed by atoms with Crippen LogP contribution in [0.25, 0.3) is 0 Å². The molecule has 3 aromatic rings. The first-order valence-electron chi connectivity index (χ1n) is 9.16. The summed E-state index contributed by atoms with van der Waals surface area (Å²) in [6.07, 6.45) is -2.38. The largest absolute Gasteiger partial charge is 0.417 e. The summed E-state index contributed by atoms with van der Waals surface area (Å²) >= 11 is 0. The Bertz CT molecular complexity index is 1200. The van der Waals surface area contributed by atoms with E-state index in [1.54, 1.807) is 18.2 Å². The van der Waals surface area contributed by atoms with Crippen molar-refractivity contribution in [2.45, 2.75) is 11.1 Å².